The Kier molecular flexibility index (Phi) is 7.76. The Balaban J connectivity index is 1.71. The van der Waals surface area contributed by atoms with E-state index in [1.54, 1.807) is 36.8 Å². The number of nitrogens with one attached hydrogen (secondary N) is 2. The van der Waals surface area contributed by atoms with Crippen LogP contribution in [0.2, 0.25) is 0 Å². The molecule has 0 saturated carbocycles. The number of anilines is 1. The summed E-state index contributed by atoms with van der Waals surface area (Å²) in [7, 11) is -2.35. The van der Waals surface area contributed by atoms with Gasteiger partial charge in [0.05, 0.1) is 13.7 Å². The lowest BCUT2D eigenvalue weighted by atomic mass is 10.2. The Morgan fingerprint density at radius 2 is 1.81 bits per heavy atom. The van der Waals surface area contributed by atoms with Gasteiger partial charge in [0, 0.05) is 12.2 Å². The van der Waals surface area contributed by atoms with Crippen molar-refractivity contribution < 1.29 is 22.7 Å². The summed E-state index contributed by atoms with van der Waals surface area (Å²) in [4.78, 5) is 12.8. The molecule has 2 N–H and O–H groups in total. The Labute approximate surface area is 192 Å². The van der Waals surface area contributed by atoms with Gasteiger partial charge in [-0.15, -0.1) is 11.3 Å². The van der Waals surface area contributed by atoms with Gasteiger partial charge in [-0.3, -0.25) is 9.52 Å². The third kappa shape index (κ3) is 5.80. The zero-order valence-electron chi connectivity index (χ0n) is 18.2. The van der Waals surface area contributed by atoms with E-state index in [2.05, 4.69) is 10.0 Å². The lowest BCUT2D eigenvalue weighted by Gasteiger charge is -2.12. The van der Waals surface area contributed by atoms with Crippen molar-refractivity contribution in [3.63, 3.8) is 0 Å². The molecule has 3 aromatic rings. The van der Waals surface area contributed by atoms with Crippen LogP contribution in [0, 0.1) is 6.92 Å². The minimum Gasteiger partial charge on any atom is -0.493 e. The summed E-state index contributed by atoms with van der Waals surface area (Å²) >= 11 is 1.08. The number of aryl methyl sites for hydroxylation is 1. The van der Waals surface area contributed by atoms with Crippen LogP contribution in [-0.2, 0) is 16.6 Å². The molecule has 0 unspecified atom stereocenters. The Bertz CT molecular complexity index is 1170. The fourth-order valence-electron chi connectivity index (χ4n) is 2.92. The molecule has 0 spiro atoms. The van der Waals surface area contributed by atoms with Crippen molar-refractivity contribution in [3.05, 3.63) is 69.9 Å². The summed E-state index contributed by atoms with van der Waals surface area (Å²) in [6.45, 7) is 4.73. The van der Waals surface area contributed by atoms with Crippen LogP contribution in [0.3, 0.4) is 0 Å². The normalized spacial score (nSPS) is 11.1. The first-order chi connectivity index (χ1) is 15.3. The largest absolute Gasteiger partial charge is 0.493 e. The first-order valence-electron chi connectivity index (χ1n) is 10.1. The molecule has 0 aliphatic heterocycles. The molecule has 2 aromatic carbocycles. The van der Waals surface area contributed by atoms with Crippen molar-refractivity contribution in [2.24, 2.45) is 0 Å². The standard InChI is InChI=1S/C23H26N2O5S2/c1-4-12-30-19-10-7-17(14-20(19)29-3)15-24-23(26)22-21(11-13-31-22)32(27,28)25-18-8-5-16(2)6-9-18/h5-11,13-14,25H,4,12,15H2,1-3H3,(H,24,26). The van der Waals surface area contributed by atoms with Crippen LogP contribution >= 0.6 is 11.3 Å². The van der Waals surface area contributed by atoms with Gasteiger partial charge in [-0.05, 0) is 54.6 Å². The van der Waals surface area contributed by atoms with Crippen LogP contribution < -0.4 is 19.5 Å². The van der Waals surface area contributed by atoms with E-state index in [9.17, 15) is 13.2 Å². The number of thiophene rings is 1. The Morgan fingerprint density at radius 3 is 2.50 bits per heavy atom. The molecule has 0 aliphatic rings. The summed E-state index contributed by atoms with van der Waals surface area (Å²) in [5.74, 6) is 0.750. The minimum absolute atomic E-state index is 0.0542. The maximum absolute atomic E-state index is 12.8. The average molecular weight is 475 g/mol. The van der Waals surface area contributed by atoms with E-state index in [-0.39, 0.29) is 16.3 Å². The number of sulfonamides is 1. The third-order valence-electron chi connectivity index (χ3n) is 4.57. The second-order valence-corrected chi connectivity index (χ2v) is 9.67. The molecule has 170 valence electrons. The summed E-state index contributed by atoms with van der Waals surface area (Å²) in [6.07, 6.45) is 0.881. The van der Waals surface area contributed by atoms with Crippen LogP contribution in [0.5, 0.6) is 11.5 Å². The van der Waals surface area contributed by atoms with Crippen molar-refractivity contribution in [2.45, 2.75) is 31.7 Å². The molecule has 0 radical (unpaired) electrons. The van der Waals surface area contributed by atoms with Crippen LogP contribution in [0.15, 0.2) is 58.8 Å². The van der Waals surface area contributed by atoms with Gasteiger partial charge >= 0.3 is 0 Å². The number of methoxy groups -OCH3 is 1. The number of amides is 1. The molecule has 0 aliphatic carbocycles. The molecule has 7 nitrogen and oxygen atoms in total. The number of hydrogen-bond acceptors (Lipinski definition) is 6. The number of benzene rings is 2. The molecule has 0 fully saturated rings. The SMILES string of the molecule is CCCOc1ccc(CNC(=O)c2sccc2S(=O)(=O)Nc2ccc(C)cc2)cc1OC. The molecule has 32 heavy (non-hydrogen) atoms. The monoisotopic (exact) mass is 474 g/mol. The van der Waals surface area contributed by atoms with Gasteiger partial charge in [0.2, 0.25) is 0 Å². The molecule has 1 aromatic heterocycles. The van der Waals surface area contributed by atoms with Crippen molar-refractivity contribution >= 4 is 33.0 Å². The summed E-state index contributed by atoms with van der Waals surface area (Å²) < 4.78 is 39.2. The van der Waals surface area contributed by atoms with Gasteiger partial charge < -0.3 is 14.8 Å². The topological polar surface area (TPSA) is 93.7 Å². The van der Waals surface area contributed by atoms with Crippen LogP contribution in [0.1, 0.15) is 34.1 Å². The predicted molar refractivity (Wildman–Crippen MR) is 126 cm³/mol. The second-order valence-electron chi connectivity index (χ2n) is 7.10. The van der Waals surface area contributed by atoms with E-state index in [0.29, 0.717) is 23.8 Å². The molecular weight excluding hydrogens is 448 g/mol. The van der Waals surface area contributed by atoms with E-state index in [0.717, 1.165) is 28.9 Å². The molecule has 0 bridgehead atoms. The molecule has 9 heteroatoms. The molecule has 1 heterocycles. The first kappa shape index (κ1) is 23.6. The highest BCUT2D eigenvalue weighted by Gasteiger charge is 2.24. The van der Waals surface area contributed by atoms with Crippen molar-refractivity contribution in [1.82, 2.24) is 5.32 Å². The number of ether oxygens (including phenoxy) is 2. The number of carbonyl (C=O) groups excluding carboxylic acids is 1. The summed E-state index contributed by atoms with van der Waals surface area (Å²) in [5.41, 5.74) is 2.26. The van der Waals surface area contributed by atoms with E-state index in [4.69, 9.17) is 9.47 Å². The Morgan fingerprint density at radius 1 is 1.06 bits per heavy atom. The summed E-state index contributed by atoms with van der Waals surface area (Å²) in [5, 5.41) is 4.37. The fraction of sp³-hybridized carbons (Fsp3) is 0.261. The smallest absolute Gasteiger partial charge is 0.263 e. The van der Waals surface area contributed by atoms with Crippen molar-refractivity contribution in [1.29, 1.82) is 0 Å². The maximum atomic E-state index is 12.8. The quantitative estimate of drug-likeness (QED) is 0.448. The molecule has 0 atom stereocenters. The lowest BCUT2D eigenvalue weighted by molar-refractivity contribution is 0.0952. The lowest BCUT2D eigenvalue weighted by Crippen LogP contribution is -2.24. The fourth-order valence-corrected chi connectivity index (χ4v) is 5.33. The highest BCUT2D eigenvalue weighted by atomic mass is 32.2. The second kappa shape index (κ2) is 10.5. The van der Waals surface area contributed by atoms with Gasteiger partial charge in [-0.25, -0.2) is 8.42 Å². The zero-order valence-corrected chi connectivity index (χ0v) is 19.8. The van der Waals surface area contributed by atoms with Crippen molar-refractivity contribution in [3.8, 4) is 11.5 Å². The number of rotatable bonds is 10. The van der Waals surface area contributed by atoms with Crippen LogP contribution in [-0.4, -0.2) is 28.0 Å². The maximum Gasteiger partial charge on any atom is 0.263 e. The molecule has 1 amide bonds. The zero-order chi connectivity index (χ0) is 23.1. The van der Waals surface area contributed by atoms with Crippen molar-refractivity contribution in [2.75, 3.05) is 18.4 Å². The minimum atomic E-state index is -3.90. The van der Waals surface area contributed by atoms with E-state index in [1.165, 1.54) is 6.07 Å². The van der Waals surface area contributed by atoms with E-state index >= 15 is 0 Å². The average Bonchev–Trinajstić information content (AvgIpc) is 3.29. The van der Waals surface area contributed by atoms with Gasteiger partial charge in [-0.2, -0.15) is 0 Å². The molecular formula is C23H26N2O5S2. The first-order valence-corrected chi connectivity index (χ1v) is 12.4. The third-order valence-corrected chi connectivity index (χ3v) is 7.04. The van der Waals surface area contributed by atoms with Gasteiger partial charge in [-0.1, -0.05) is 30.7 Å². The number of hydrogen-bond donors (Lipinski definition) is 2. The molecule has 0 saturated heterocycles. The Hall–Kier alpha value is -3.04. The van der Waals surface area contributed by atoms with Crippen LogP contribution in [0.4, 0.5) is 5.69 Å². The highest BCUT2D eigenvalue weighted by Crippen LogP contribution is 2.29. The van der Waals surface area contributed by atoms with E-state index < -0.39 is 15.9 Å². The van der Waals surface area contributed by atoms with Crippen LogP contribution in [0.25, 0.3) is 0 Å². The van der Waals surface area contributed by atoms with Gasteiger partial charge in [0.25, 0.3) is 15.9 Å². The summed E-state index contributed by atoms with van der Waals surface area (Å²) in [6, 6.07) is 13.8. The highest BCUT2D eigenvalue weighted by molar-refractivity contribution is 7.93. The van der Waals surface area contributed by atoms with Gasteiger partial charge in [0.15, 0.2) is 11.5 Å². The number of carbonyl (C=O) groups is 1. The van der Waals surface area contributed by atoms with Gasteiger partial charge in [0.1, 0.15) is 9.77 Å². The van der Waals surface area contributed by atoms with E-state index in [1.807, 2.05) is 32.0 Å². The molecule has 3 rings (SSSR count). The predicted octanol–water partition coefficient (Wildman–Crippen LogP) is 4.58.